The van der Waals surface area contributed by atoms with Crippen molar-refractivity contribution in [3.63, 3.8) is 0 Å². The number of carbonyl (C=O) groups is 2. The average molecular weight is 927 g/mol. The molecule has 3 aliphatic rings. The fourth-order valence-corrected chi connectivity index (χ4v) is 7.97. The maximum Gasteiger partial charge on any atom is 0.311 e. The van der Waals surface area contributed by atoms with E-state index in [0.717, 1.165) is 0 Å². The maximum absolute atomic E-state index is 12.6. The van der Waals surface area contributed by atoms with Gasteiger partial charge in [-0.15, -0.1) is 0 Å². The molecule has 0 aromatic heterocycles. The Morgan fingerprint density at radius 2 is 1.23 bits per heavy atom. The number of carbonyl (C=O) groups excluding carboxylic acids is 1. The molecule has 368 valence electrons. The van der Waals surface area contributed by atoms with Gasteiger partial charge < -0.3 is 80.9 Å². The summed E-state index contributed by atoms with van der Waals surface area (Å²) in [5.41, 5.74) is 6.02. The minimum atomic E-state index is -2.33. The number of allylic oxidation sites excluding steroid dienone is 12. The second kappa shape index (κ2) is 27.4. The van der Waals surface area contributed by atoms with Crippen molar-refractivity contribution >= 4 is 11.9 Å². The van der Waals surface area contributed by atoms with Crippen molar-refractivity contribution in [3.05, 3.63) is 85.1 Å². The van der Waals surface area contributed by atoms with E-state index in [2.05, 4.69) is 0 Å². The number of carboxylic acid groups (broad SMARTS) is 1. The van der Waals surface area contributed by atoms with Crippen LogP contribution in [0, 0.1) is 17.8 Å². The number of fused-ring (bicyclic) bond motifs is 2. The molecule has 18 heteroatoms. The number of cyclic esters (lactones) is 1. The van der Waals surface area contributed by atoms with Crippen molar-refractivity contribution in [1.82, 2.24) is 0 Å². The lowest BCUT2D eigenvalue weighted by atomic mass is 9.91. The Labute approximate surface area is 381 Å². The summed E-state index contributed by atoms with van der Waals surface area (Å²) in [6.07, 6.45) is 3.46. The molecule has 3 rings (SSSR count). The number of hydrogen-bond acceptors (Lipinski definition) is 17. The van der Waals surface area contributed by atoms with Crippen LogP contribution in [0.5, 0.6) is 0 Å². The van der Waals surface area contributed by atoms with Crippen molar-refractivity contribution in [1.29, 1.82) is 0 Å². The van der Waals surface area contributed by atoms with Crippen LogP contribution in [0.2, 0.25) is 0 Å². The zero-order valence-electron chi connectivity index (χ0n) is 37.6. The van der Waals surface area contributed by atoms with Gasteiger partial charge in [0.25, 0.3) is 0 Å². The minimum Gasteiger partial charge on any atom is -0.481 e. The van der Waals surface area contributed by atoms with Crippen LogP contribution in [-0.4, -0.2) is 166 Å². The predicted octanol–water partition coefficient (Wildman–Crippen LogP) is 0.712. The summed E-state index contributed by atoms with van der Waals surface area (Å²) in [4.78, 5) is 25.1. The van der Waals surface area contributed by atoms with Crippen molar-refractivity contribution in [2.24, 2.45) is 23.5 Å². The second-order valence-electron chi connectivity index (χ2n) is 17.6. The number of aliphatic carboxylic acids is 1. The minimum absolute atomic E-state index is 0.107. The number of nitrogens with two attached hydrogens (primary N) is 1. The Bertz CT molecular complexity index is 1670. The fraction of sp³-hybridized carbons (Fsp3) is 0.660. The number of aliphatic hydroxyl groups excluding tert-OH is 9. The van der Waals surface area contributed by atoms with Gasteiger partial charge in [0.15, 0.2) is 12.1 Å². The highest BCUT2D eigenvalue weighted by Crippen LogP contribution is 2.38. The van der Waals surface area contributed by atoms with Gasteiger partial charge in [-0.3, -0.25) is 9.59 Å². The van der Waals surface area contributed by atoms with Gasteiger partial charge in [0.1, 0.15) is 18.1 Å². The first kappa shape index (κ1) is 55.9. The SMILES string of the molecule is C[C@@H]1O[C@@H](O[C@H]2/C=C/C=C/C=C/C=C/C=C/C=C/C=[13CH]/[C@H](C)[13C@@H](O)[C@@H](C)[C@H](C)OC(=O)C[C@H](O)C[C@H](O)CC[C@@H](O)[C@H](O)C[C@H](O)C[C@]3(O)C[13C@H](O)[C@@H](C(=O)O)[C@H](C2)O3)[C@@H](O)[C@@H](N)[C@@H]1O. The summed E-state index contributed by atoms with van der Waals surface area (Å²) in [5.74, 6) is -6.83. The molecule has 65 heavy (non-hydrogen) atoms. The van der Waals surface area contributed by atoms with E-state index in [4.69, 9.17) is 24.7 Å². The smallest absolute Gasteiger partial charge is 0.311 e. The Balaban J connectivity index is 1.86. The lowest BCUT2D eigenvalue weighted by Gasteiger charge is -2.45. The molecule has 0 saturated carbocycles. The van der Waals surface area contributed by atoms with Gasteiger partial charge in [0.2, 0.25) is 0 Å². The number of ether oxygens (including phenoxy) is 4. The van der Waals surface area contributed by atoms with Gasteiger partial charge in [-0.05, 0) is 33.1 Å². The molecule has 0 amide bonds. The summed E-state index contributed by atoms with van der Waals surface area (Å²) in [6, 6.07) is -1.15. The number of esters is 1. The van der Waals surface area contributed by atoms with Crippen LogP contribution in [0.15, 0.2) is 85.1 Å². The number of carboxylic acids is 1. The van der Waals surface area contributed by atoms with Crippen LogP contribution in [-0.2, 0) is 28.5 Å². The van der Waals surface area contributed by atoms with E-state index in [1.165, 1.54) is 13.0 Å². The first-order valence-corrected chi connectivity index (χ1v) is 22.3. The molecule has 18 nitrogen and oxygen atoms in total. The van der Waals surface area contributed by atoms with E-state index in [9.17, 15) is 65.8 Å². The molecular weight excluding hydrogens is 853 g/mol. The third-order valence-corrected chi connectivity index (χ3v) is 12.0. The van der Waals surface area contributed by atoms with Crippen molar-refractivity contribution < 1.29 is 84.7 Å². The summed E-state index contributed by atoms with van der Waals surface area (Å²) >= 11 is 0. The largest absolute Gasteiger partial charge is 0.481 e. The van der Waals surface area contributed by atoms with E-state index in [-0.39, 0.29) is 31.6 Å². The van der Waals surface area contributed by atoms with Crippen molar-refractivity contribution in [3.8, 4) is 0 Å². The Hall–Kier alpha value is -3.44. The zero-order valence-corrected chi connectivity index (χ0v) is 37.6. The van der Waals surface area contributed by atoms with Crippen molar-refractivity contribution in [2.75, 3.05) is 0 Å². The van der Waals surface area contributed by atoms with E-state index in [1.807, 2.05) is 19.1 Å². The van der Waals surface area contributed by atoms with E-state index in [1.54, 1.807) is 80.7 Å². The van der Waals surface area contributed by atoms with Crippen LogP contribution in [0.4, 0.5) is 0 Å². The Morgan fingerprint density at radius 1 is 0.662 bits per heavy atom. The topological polar surface area (TPSA) is 320 Å². The Kier molecular flexibility index (Phi) is 23.6. The first-order chi connectivity index (χ1) is 30.6. The quantitative estimate of drug-likeness (QED) is 0.137. The van der Waals surface area contributed by atoms with Gasteiger partial charge in [-0.25, -0.2) is 0 Å². The molecule has 0 spiro atoms. The van der Waals surface area contributed by atoms with Gasteiger partial charge in [-0.1, -0.05) is 98.9 Å². The number of aliphatic hydroxyl groups is 10. The molecule has 0 unspecified atom stereocenters. The van der Waals surface area contributed by atoms with Gasteiger partial charge in [0.05, 0.1) is 79.6 Å². The van der Waals surface area contributed by atoms with Crippen LogP contribution in [0.1, 0.15) is 79.1 Å². The fourth-order valence-electron chi connectivity index (χ4n) is 7.97. The zero-order chi connectivity index (χ0) is 48.4. The molecule has 0 aromatic carbocycles. The Morgan fingerprint density at radius 3 is 1.82 bits per heavy atom. The third kappa shape index (κ3) is 18.6. The highest BCUT2D eigenvalue weighted by Gasteiger charge is 2.51. The van der Waals surface area contributed by atoms with Crippen LogP contribution >= 0.6 is 0 Å². The number of hydrogen-bond donors (Lipinski definition) is 12. The number of rotatable bonds is 3. The second-order valence-corrected chi connectivity index (χ2v) is 17.6. The van der Waals surface area contributed by atoms with E-state index >= 15 is 0 Å². The lowest BCUT2D eigenvalue weighted by Crippen LogP contribution is -2.61. The molecule has 3 aliphatic heterocycles. The molecule has 0 radical (unpaired) electrons. The lowest BCUT2D eigenvalue weighted by molar-refractivity contribution is -0.308. The third-order valence-electron chi connectivity index (χ3n) is 12.0. The van der Waals surface area contributed by atoms with E-state index < -0.39 is 147 Å². The summed E-state index contributed by atoms with van der Waals surface area (Å²) in [5, 5.41) is 118. The van der Waals surface area contributed by atoms with Crippen LogP contribution in [0.25, 0.3) is 0 Å². The molecule has 0 aromatic rings. The molecule has 13 N–H and O–H groups in total. The maximum atomic E-state index is 12.6. The predicted molar refractivity (Wildman–Crippen MR) is 237 cm³/mol. The molecular formula is C47H73NO17. The standard InChI is InChI=1S/C47H73NO17/c1-27-17-15-13-11-9-7-5-6-8-10-12-14-16-18-34(64-46-44(58)41(48)43(57)30(4)63-46)24-38-40(45(59)60)37(54)26-47(61,65-38)25-33(51)22-36(53)35(52)20-19-31(49)21-32(50)23-39(55)62-29(3)28(2)42(27)56/h5-18,27-38,40-44,46,49-54,56-58,61H,19-26,48H2,1-4H3,(H,59,60)/b6-5+,9-7+,10-8+,13-11+,14-12+,17-15+,18-16+/t27-,28-,29-,30-,31+,32+,33-,34-,35+,36+,37-,38-,40+,41-,42+,43+,44-,46-,47+/m0/s1/i17+1,37+1,42+1. The molecule has 3 heterocycles. The normalized spacial score (nSPS) is 45.5. The molecule has 2 saturated heterocycles. The highest BCUT2D eigenvalue weighted by molar-refractivity contribution is 5.71. The average Bonchev–Trinajstić information content (AvgIpc) is 3.21. The molecule has 0 aliphatic carbocycles. The monoisotopic (exact) mass is 926 g/mol. The van der Waals surface area contributed by atoms with E-state index in [0.29, 0.717) is 0 Å². The first-order valence-electron chi connectivity index (χ1n) is 22.3. The summed E-state index contributed by atoms with van der Waals surface area (Å²) in [6.45, 7) is 6.74. The van der Waals surface area contributed by atoms with Crippen LogP contribution < -0.4 is 5.73 Å². The van der Waals surface area contributed by atoms with Gasteiger partial charge >= 0.3 is 11.9 Å². The highest BCUT2D eigenvalue weighted by atomic mass is 16.7. The molecule has 2 fully saturated rings. The molecule has 2 bridgehead atoms. The summed E-state index contributed by atoms with van der Waals surface area (Å²) in [7, 11) is 0. The van der Waals surface area contributed by atoms with Crippen LogP contribution in [0.3, 0.4) is 0 Å². The molecule has 19 atom stereocenters. The van der Waals surface area contributed by atoms with Gasteiger partial charge in [0, 0.05) is 37.5 Å². The summed E-state index contributed by atoms with van der Waals surface area (Å²) < 4.78 is 23.1. The van der Waals surface area contributed by atoms with Crippen molar-refractivity contribution in [2.45, 2.75) is 177 Å². The van der Waals surface area contributed by atoms with Gasteiger partial charge in [-0.2, -0.15) is 0 Å².